The van der Waals surface area contributed by atoms with Crippen molar-refractivity contribution in [2.24, 2.45) is 5.41 Å². The van der Waals surface area contributed by atoms with Crippen LogP contribution < -0.4 is 0 Å². The standard InChI is InChI=1S/C16H20ClNO2/c17-12-3-4-14(19)13(11-12)15(20)18-9-7-16(8-10-18)5-1-2-6-16/h3-4,11,19H,1-2,5-10H2. The fourth-order valence-electron chi connectivity index (χ4n) is 3.66. The molecule has 0 atom stereocenters. The zero-order chi connectivity index (χ0) is 14.2. The van der Waals surface area contributed by atoms with Crippen LogP contribution in [0.2, 0.25) is 5.02 Å². The number of hydrogen-bond donors (Lipinski definition) is 1. The molecule has 0 aromatic heterocycles. The van der Waals surface area contributed by atoms with E-state index in [1.807, 2.05) is 4.90 Å². The Morgan fingerprint density at radius 1 is 1.15 bits per heavy atom. The van der Waals surface area contributed by atoms with Crippen molar-refractivity contribution in [2.75, 3.05) is 13.1 Å². The molecule has 1 aliphatic heterocycles. The lowest BCUT2D eigenvalue weighted by Crippen LogP contribution is -2.42. The fraction of sp³-hybridized carbons (Fsp3) is 0.562. The van der Waals surface area contributed by atoms with Gasteiger partial charge in [0.2, 0.25) is 0 Å². The molecule has 1 saturated heterocycles. The number of carbonyl (C=O) groups excluding carboxylic acids is 1. The van der Waals surface area contributed by atoms with Gasteiger partial charge in [-0.2, -0.15) is 0 Å². The highest BCUT2D eigenvalue weighted by Gasteiger charge is 2.38. The maximum Gasteiger partial charge on any atom is 0.257 e. The third kappa shape index (κ3) is 2.51. The summed E-state index contributed by atoms with van der Waals surface area (Å²) in [6, 6.07) is 4.63. The molecule has 20 heavy (non-hydrogen) atoms. The number of halogens is 1. The molecular formula is C16H20ClNO2. The molecule has 2 fully saturated rings. The van der Waals surface area contributed by atoms with E-state index in [9.17, 15) is 9.90 Å². The number of carbonyl (C=O) groups is 1. The summed E-state index contributed by atoms with van der Waals surface area (Å²) in [6.07, 6.45) is 7.50. The van der Waals surface area contributed by atoms with Crippen LogP contribution in [0.5, 0.6) is 5.75 Å². The minimum Gasteiger partial charge on any atom is -0.507 e. The van der Waals surface area contributed by atoms with Gasteiger partial charge in [-0.15, -0.1) is 0 Å². The van der Waals surface area contributed by atoms with Crippen LogP contribution in [0.25, 0.3) is 0 Å². The Morgan fingerprint density at radius 2 is 1.80 bits per heavy atom. The van der Waals surface area contributed by atoms with Crippen LogP contribution in [-0.4, -0.2) is 29.0 Å². The zero-order valence-electron chi connectivity index (χ0n) is 11.6. The zero-order valence-corrected chi connectivity index (χ0v) is 12.3. The lowest BCUT2D eigenvalue weighted by Gasteiger charge is -2.39. The van der Waals surface area contributed by atoms with E-state index in [1.54, 1.807) is 12.1 Å². The molecule has 0 unspecified atom stereocenters. The molecule has 1 aromatic carbocycles. The molecule has 3 nitrogen and oxygen atoms in total. The van der Waals surface area contributed by atoms with Crippen molar-refractivity contribution in [1.29, 1.82) is 0 Å². The number of amides is 1. The van der Waals surface area contributed by atoms with Crippen LogP contribution in [0.1, 0.15) is 48.9 Å². The van der Waals surface area contributed by atoms with E-state index in [0.29, 0.717) is 16.0 Å². The van der Waals surface area contributed by atoms with Gasteiger partial charge in [0.05, 0.1) is 5.56 Å². The summed E-state index contributed by atoms with van der Waals surface area (Å²) < 4.78 is 0. The van der Waals surface area contributed by atoms with Gasteiger partial charge < -0.3 is 10.0 Å². The molecule has 3 rings (SSSR count). The molecule has 2 aliphatic rings. The van der Waals surface area contributed by atoms with Gasteiger partial charge >= 0.3 is 0 Å². The predicted molar refractivity (Wildman–Crippen MR) is 79.2 cm³/mol. The van der Waals surface area contributed by atoms with E-state index in [0.717, 1.165) is 25.9 Å². The Balaban J connectivity index is 1.71. The Hall–Kier alpha value is -1.22. The number of phenolic OH excluding ortho intramolecular Hbond substituents is 1. The van der Waals surface area contributed by atoms with Gasteiger partial charge in [-0.3, -0.25) is 4.79 Å². The first-order valence-electron chi connectivity index (χ1n) is 7.38. The van der Waals surface area contributed by atoms with Crippen LogP contribution >= 0.6 is 11.6 Å². The van der Waals surface area contributed by atoms with Gasteiger partial charge in [-0.1, -0.05) is 24.4 Å². The van der Waals surface area contributed by atoms with Crippen LogP contribution in [0.15, 0.2) is 18.2 Å². The number of piperidine rings is 1. The number of likely N-dealkylation sites (tertiary alicyclic amines) is 1. The smallest absolute Gasteiger partial charge is 0.257 e. The topological polar surface area (TPSA) is 40.5 Å². The Labute approximate surface area is 124 Å². The lowest BCUT2D eigenvalue weighted by molar-refractivity contribution is 0.0585. The van der Waals surface area contributed by atoms with Crippen molar-refractivity contribution in [3.05, 3.63) is 28.8 Å². The molecule has 1 aromatic rings. The minimum atomic E-state index is -0.0992. The summed E-state index contributed by atoms with van der Waals surface area (Å²) in [4.78, 5) is 14.3. The fourth-order valence-corrected chi connectivity index (χ4v) is 3.83. The molecular weight excluding hydrogens is 274 g/mol. The van der Waals surface area contributed by atoms with Gasteiger partial charge in [0.1, 0.15) is 5.75 Å². The van der Waals surface area contributed by atoms with Crippen molar-refractivity contribution in [2.45, 2.75) is 38.5 Å². The SMILES string of the molecule is O=C(c1cc(Cl)ccc1O)N1CCC2(CCCC2)CC1. The van der Waals surface area contributed by atoms with Crippen LogP contribution in [0.4, 0.5) is 0 Å². The van der Waals surface area contributed by atoms with Crippen molar-refractivity contribution in [1.82, 2.24) is 4.90 Å². The Morgan fingerprint density at radius 3 is 2.45 bits per heavy atom. The first kappa shape index (κ1) is 13.7. The number of benzene rings is 1. The maximum atomic E-state index is 12.5. The van der Waals surface area contributed by atoms with Gasteiger partial charge in [0.15, 0.2) is 0 Å². The summed E-state index contributed by atoms with van der Waals surface area (Å²) in [5.74, 6) is -0.0848. The molecule has 1 N–H and O–H groups in total. The summed E-state index contributed by atoms with van der Waals surface area (Å²) in [7, 11) is 0. The molecule has 1 aliphatic carbocycles. The van der Waals surface area contributed by atoms with E-state index in [-0.39, 0.29) is 11.7 Å². The van der Waals surface area contributed by atoms with E-state index in [2.05, 4.69) is 0 Å². The highest BCUT2D eigenvalue weighted by molar-refractivity contribution is 6.31. The maximum absolute atomic E-state index is 12.5. The van der Waals surface area contributed by atoms with Crippen LogP contribution in [0.3, 0.4) is 0 Å². The monoisotopic (exact) mass is 293 g/mol. The molecule has 1 spiro atoms. The lowest BCUT2D eigenvalue weighted by atomic mass is 9.77. The third-order valence-corrected chi connectivity index (χ3v) is 5.20. The average Bonchev–Trinajstić information content (AvgIpc) is 2.90. The molecule has 108 valence electrons. The van der Waals surface area contributed by atoms with E-state index in [1.165, 1.54) is 31.7 Å². The first-order chi connectivity index (χ1) is 9.60. The number of nitrogens with zero attached hydrogens (tertiary/aromatic N) is 1. The second kappa shape index (κ2) is 5.28. The molecule has 4 heteroatoms. The molecule has 0 radical (unpaired) electrons. The molecule has 1 amide bonds. The third-order valence-electron chi connectivity index (χ3n) is 4.96. The van der Waals surface area contributed by atoms with Crippen molar-refractivity contribution < 1.29 is 9.90 Å². The average molecular weight is 294 g/mol. The Bertz CT molecular complexity index is 513. The van der Waals surface area contributed by atoms with Gasteiger partial charge in [-0.05, 0) is 49.3 Å². The van der Waals surface area contributed by atoms with Gasteiger partial charge in [0.25, 0.3) is 5.91 Å². The largest absolute Gasteiger partial charge is 0.507 e. The highest BCUT2D eigenvalue weighted by atomic mass is 35.5. The molecule has 0 bridgehead atoms. The van der Waals surface area contributed by atoms with E-state index >= 15 is 0 Å². The van der Waals surface area contributed by atoms with Crippen molar-refractivity contribution >= 4 is 17.5 Å². The van der Waals surface area contributed by atoms with Crippen LogP contribution in [-0.2, 0) is 0 Å². The number of aromatic hydroxyl groups is 1. The first-order valence-corrected chi connectivity index (χ1v) is 7.75. The number of hydrogen-bond acceptors (Lipinski definition) is 2. The van der Waals surface area contributed by atoms with Crippen LogP contribution in [0, 0.1) is 5.41 Å². The number of rotatable bonds is 1. The summed E-state index contributed by atoms with van der Waals surface area (Å²) in [5.41, 5.74) is 0.813. The normalized spacial score (nSPS) is 21.4. The second-order valence-corrected chi connectivity index (χ2v) is 6.60. The predicted octanol–water partition coefficient (Wildman–Crippen LogP) is 3.84. The quantitative estimate of drug-likeness (QED) is 0.854. The summed E-state index contributed by atoms with van der Waals surface area (Å²) in [6.45, 7) is 1.59. The summed E-state index contributed by atoms with van der Waals surface area (Å²) >= 11 is 5.92. The second-order valence-electron chi connectivity index (χ2n) is 6.16. The summed E-state index contributed by atoms with van der Waals surface area (Å²) in [5, 5.41) is 10.3. The van der Waals surface area contributed by atoms with Crippen molar-refractivity contribution in [3.63, 3.8) is 0 Å². The highest BCUT2D eigenvalue weighted by Crippen LogP contribution is 2.46. The van der Waals surface area contributed by atoms with Gasteiger partial charge in [-0.25, -0.2) is 0 Å². The van der Waals surface area contributed by atoms with Gasteiger partial charge in [0, 0.05) is 18.1 Å². The Kier molecular flexibility index (Phi) is 3.63. The molecule has 1 heterocycles. The number of phenols is 1. The van der Waals surface area contributed by atoms with E-state index < -0.39 is 0 Å². The molecule has 1 saturated carbocycles. The van der Waals surface area contributed by atoms with Crippen molar-refractivity contribution in [3.8, 4) is 5.75 Å². The minimum absolute atomic E-state index is 0.0144. The van der Waals surface area contributed by atoms with E-state index in [4.69, 9.17) is 11.6 Å².